The first-order chi connectivity index (χ1) is 17.3. The first-order valence-electron chi connectivity index (χ1n) is 11.5. The number of aromatic hydroxyl groups is 1. The molecule has 1 aromatic heterocycles. The van der Waals surface area contributed by atoms with E-state index in [0.29, 0.717) is 23.1 Å². The summed E-state index contributed by atoms with van der Waals surface area (Å²) in [6, 6.07) is 8.33. The van der Waals surface area contributed by atoms with Crippen molar-refractivity contribution in [3.63, 3.8) is 0 Å². The minimum atomic E-state index is -0.643. The van der Waals surface area contributed by atoms with E-state index in [0.717, 1.165) is 10.5 Å². The van der Waals surface area contributed by atoms with Gasteiger partial charge in [-0.05, 0) is 63.8 Å². The number of hydrogen-bond acceptors (Lipinski definition) is 6. The monoisotopic (exact) mass is 583 g/mol. The maximum atomic E-state index is 13.7. The van der Waals surface area contributed by atoms with Crippen LogP contribution < -0.4 is 0 Å². The first-order valence-corrected chi connectivity index (χ1v) is 13.6. The number of amides is 2. The molecule has 1 aromatic carbocycles. The molecule has 6 rings (SSSR count). The third-order valence-electron chi connectivity index (χ3n) is 7.61. The zero-order chi connectivity index (χ0) is 25.3. The Morgan fingerprint density at radius 3 is 2.64 bits per heavy atom. The minimum absolute atomic E-state index is 0.0162. The molecule has 1 aliphatic heterocycles. The van der Waals surface area contributed by atoms with Crippen LogP contribution in [0.15, 0.2) is 69.1 Å². The van der Waals surface area contributed by atoms with Gasteiger partial charge in [-0.15, -0.1) is 11.3 Å². The zero-order valence-corrected chi connectivity index (χ0v) is 21.9. The number of allylic oxidation sites excluding steroid dienone is 6. The number of thiophene rings is 1. The lowest BCUT2D eigenvalue weighted by Gasteiger charge is -2.42. The van der Waals surface area contributed by atoms with E-state index in [2.05, 4.69) is 15.9 Å². The number of imide groups is 1. The Morgan fingerprint density at radius 2 is 1.92 bits per heavy atom. The van der Waals surface area contributed by atoms with Gasteiger partial charge in [0.2, 0.25) is 11.8 Å². The Labute approximate surface area is 224 Å². The lowest BCUT2D eigenvalue weighted by molar-refractivity contribution is -0.140. The van der Waals surface area contributed by atoms with Crippen LogP contribution in [0.1, 0.15) is 29.2 Å². The number of rotatable bonds is 3. The predicted octanol–water partition coefficient (Wildman–Crippen LogP) is 5.07. The fourth-order valence-electron chi connectivity index (χ4n) is 6.09. The van der Waals surface area contributed by atoms with Crippen LogP contribution in [0.4, 0.5) is 0 Å². The van der Waals surface area contributed by atoms with Gasteiger partial charge < -0.3 is 5.11 Å². The van der Waals surface area contributed by atoms with E-state index in [1.165, 1.54) is 34.4 Å². The van der Waals surface area contributed by atoms with E-state index in [4.69, 9.17) is 11.6 Å². The van der Waals surface area contributed by atoms with E-state index >= 15 is 0 Å². The summed E-state index contributed by atoms with van der Waals surface area (Å²) in [5, 5.41) is 12.1. The van der Waals surface area contributed by atoms with Gasteiger partial charge >= 0.3 is 0 Å². The van der Waals surface area contributed by atoms with Gasteiger partial charge in [-0.2, -0.15) is 0 Å². The molecule has 4 aliphatic rings. The van der Waals surface area contributed by atoms with E-state index in [1.54, 1.807) is 6.07 Å². The fourth-order valence-corrected chi connectivity index (χ4v) is 7.52. The summed E-state index contributed by atoms with van der Waals surface area (Å²) in [4.78, 5) is 55.7. The lowest BCUT2D eigenvalue weighted by atomic mass is 9.59. The van der Waals surface area contributed by atoms with Crippen molar-refractivity contribution in [2.24, 2.45) is 17.8 Å². The molecule has 1 saturated heterocycles. The van der Waals surface area contributed by atoms with Crippen LogP contribution in [-0.4, -0.2) is 33.4 Å². The molecule has 2 amide bonds. The summed E-state index contributed by atoms with van der Waals surface area (Å²) in [6.45, 7) is 0.233. The van der Waals surface area contributed by atoms with Crippen molar-refractivity contribution in [2.45, 2.75) is 25.3 Å². The molecule has 4 atom stereocenters. The number of phenols is 1. The first kappa shape index (κ1) is 23.6. The summed E-state index contributed by atoms with van der Waals surface area (Å²) >= 11 is 11.3. The molecule has 36 heavy (non-hydrogen) atoms. The SMILES string of the molecule is O=C1C=C(Br)C(=O)C2=C1C(c1ccc(O)cc1Cl)C1=CCC3C(=O)N(Cc4cccs4)C(=O)C3C1C2. The highest BCUT2D eigenvalue weighted by Crippen LogP contribution is 2.56. The van der Waals surface area contributed by atoms with Gasteiger partial charge in [0.1, 0.15) is 5.75 Å². The number of benzene rings is 1. The number of fused-ring (bicyclic) bond motifs is 3. The van der Waals surface area contributed by atoms with Gasteiger partial charge in [0.05, 0.1) is 22.9 Å². The van der Waals surface area contributed by atoms with Crippen LogP contribution in [0.25, 0.3) is 0 Å². The highest BCUT2D eigenvalue weighted by Gasteiger charge is 2.56. The van der Waals surface area contributed by atoms with Gasteiger partial charge in [0.15, 0.2) is 11.6 Å². The molecule has 6 nitrogen and oxygen atoms in total. The summed E-state index contributed by atoms with van der Waals surface area (Å²) in [7, 11) is 0. The summed E-state index contributed by atoms with van der Waals surface area (Å²) < 4.78 is 0.176. The number of phenolic OH excluding ortho intramolecular Hbond substituents is 1. The second-order valence-corrected chi connectivity index (χ2v) is 11.7. The Bertz CT molecular complexity index is 1460. The summed E-state index contributed by atoms with van der Waals surface area (Å²) in [5.41, 5.74) is 2.11. The molecule has 0 radical (unpaired) electrons. The van der Waals surface area contributed by atoms with E-state index < -0.39 is 23.7 Å². The van der Waals surface area contributed by atoms with Crippen LogP contribution in [0, 0.1) is 17.8 Å². The van der Waals surface area contributed by atoms with Crippen molar-refractivity contribution < 1.29 is 24.3 Å². The van der Waals surface area contributed by atoms with Crippen LogP contribution in [0.5, 0.6) is 5.75 Å². The molecule has 9 heteroatoms. The highest BCUT2D eigenvalue weighted by atomic mass is 79.9. The normalized spacial score (nSPS) is 27.6. The van der Waals surface area contributed by atoms with E-state index in [-0.39, 0.29) is 51.6 Å². The van der Waals surface area contributed by atoms with Crippen LogP contribution in [-0.2, 0) is 25.7 Å². The molecule has 1 N–H and O–H groups in total. The van der Waals surface area contributed by atoms with Crippen molar-refractivity contribution >= 4 is 62.2 Å². The molecule has 182 valence electrons. The second-order valence-electron chi connectivity index (χ2n) is 9.44. The van der Waals surface area contributed by atoms with E-state index in [9.17, 15) is 24.3 Å². The summed E-state index contributed by atoms with van der Waals surface area (Å²) in [5.74, 6) is -3.21. The Hall–Kier alpha value is -2.81. The van der Waals surface area contributed by atoms with Crippen LogP contribution in [0.2, 0.25) is 5.02 Å². The molecule has 0 spiro atoms. The predicted molar refractivity (Wildman–Crippen MR) is 138 cm³/mol. The van der Waals surface area contributed by atoms with Crippen molar-refractivity contribution in [2.75, 3.05) is 0 Å². The van der Waals surface area contributed by atoms with Crippen molar-refractivity contribution in [1.29, 1.82) is 0 Å². The maximum absolute atomic E-state index is 13.7. The molecule has 4 unspecified atom stereocenters. The number of carbonyl (C=O) groups is 4. The number of ketones is 2. The van der Waals surface area contributed by atoms with Crippen LogP contribution in [0.3, 0.4) is 0 Å². The number of Topliss-reactive ketones (excluding diaryl/α,β-unsaturated/α-hetero) is 1. The summed E-state index contributed by atoms with van der Waals surface area (Å²) in [6.07, 6.45) is 3.81. The second kappa shape index (κ2) is 8.64. The van der Waals surface area contributed by atoms with Crippen LogP contribution >= 0.6 is 38.9 Å². The Balaban J connectivity index is 1.47. The topological polar surface area (TPSA) is 91.8 Å². The molecule has 0 bridgehead atoms. The van der Waals surface area contributed by atoms with Crippen molar-refractivity contribution in [1.82, 2.24) is 4.90 Å². The van der Waals surface area contributed by atoms with Crippen molar-refractivity contribution in [3.8, 4) is 5.75 Å². The third kappa shape index (κ3) is 3.49. The smallest absolute Gasteiger partial charge is 0.234 e. The van der Waals surface area contributed by atoms with Gasteiger partial charge in [-0.1, -0.05) is 35.4 Å². The largest absolute Gasteiger partial charge is 0.508 e. The molecule has 0 saturated carbocycles. The average molecular weight is 585 g/mol. The molecule has 2 heterocycles. The number of halogens is 2. The van der Waals surface area contributed by atoms with Gasteiger partial charge in [-0.25, -0.2) is 0 Å². The average Bonchev–Trinajstić information content (AvgIpc) is 3.44. The molecular weight excluding hydrogens is 566 g/mol. The maximum Gasteiger partial charge on any atom is 0.234 e. The molecule has 3 aliphatic carbocycles. The number of carbonyl (C=O) groups excluding carboxylic acids is 4. The number of nitrogens with zero attached hydrogens (tertiary/aromatic N) is 1. The number of hydrogen-bond donors (Lipinski definition) is 1. The van der Waals surface area contributed by atoms with Gasteiger partial charge in [-0.3, -0.25) is 24.1 Å². The molecule has 2 aromatic rings. The Morgan fingerprint density at radius 1 is 1.11 bits per heavy atom. The Kier molecular flexibility index (Phi) is 5.66. The van der Waals surface area contributed by atoms with E-state index in [1.807, 2.05) is 23.6 Å². The molecule has 1 fully saturated rings. The van der Waals surface area contributed by atoms with Gasteiger partial charge in [0.25, 0.3) is 0 Å². The number of likely N-dealkylation sites (tertiary alicyclic amines) is 1. The zero-order valence-electron chi connectivity index (χ0n) is 18.7. The lowest BCUT2D eigenvalue weighted by Crippen LogP contribution is -2.39. The fraction of sp³-hybridized carbons (Fsp3) is 0.259. The third-order valence-corrected chi connectivity index (χ3v) is 9.39. The highest BCUT2D eigenvalue weighted by molar-refractivity contribution is 9.12. The standard InChI is InChI=1S/C27H19BrClNO5S/c28-19-10-21(32)24-18(25(19)33)9-17-14(22(24)15-4-3-12(31)8-20(15)29)5-6-16-23(17)27(35)30(26(16)34)11-13-2-1-7-36-13/h1-5,7-8,10,16-17,22-23,31H,6,9,11H2. The molecular formula is C27H19BrClNO5S. The van der Waals surface area contributed by atoms with Crippen molar-refractivity contribution in [3.05, 3.63) is 84.5 Å². The van der Waals surface area contributed by atoms with Gasteiger partial charge in [0, 0.05) is 33.0 Å². The quantitative estimate of drug-likeness (QED) is 0.309. The minimum Gasteiger partial charge on any atom is -0.508 e.